The summed E-state index contributed by atoms with van der Waals surface area (Å²) in [6.45, 7) is 2.58. The average molecular weight is 288 g/mol. The van der Waals surface area contributed by atoms with Crippen LogP contribution >= 0.6 is 0 Å². The second-order valence-electron chi connectivity index (χ2n) is 5.04. The van der Waals surface area contributed by atoms with Gasteiger partial charge in [-0.25, -0.2) is 4.79 Å². The van der Waals surface area contributed by atoms with Crippen LogP contribution in [0.2, 0.25) is 0 Å². The van der Waals surface area contributed by atoms with Crippen LogP contribution in [0.1, 0.15) is 21.7 Å². The molecular formula is C16H20N2O3. The number of carbonyl (C=O) groups excluding carboxylic acids is 1. The molecule has 1 aromatic heterocycles. The van der Waals surface area contributed by atoms with Crippen LogP contribution in [0.25, 0.3) is 0 Å². The van der Waals surface area contributed by atoms with Gasteiger partial charge in [-0.1, -0.05) is 6.07 Å². The minimum absolute atomic E-state index is 0.393. The molecule has 21 heavy (non-hydrogen) atoms. The first-order valence-electron chi connectivity index (χ1n) is 6.69. The Morgan fingerprint density at radius 2 is 2.10 bits per heavy atom. The van der Waals surface area contributed by atoms with E-state index in [0.717, 1.165) is 11.4 Å². The molecule has 0 atom stereocenters. The predicted molar refractivity (Wildman–Crippen MR) is 82.9 cm³/mol. The predicted octanol–water partition coefficient (Wildman–Crippen LogP) is 3.05. The number of methoxy groups -OCH3 is 1. The Balaban J connectivity index is 2.04. The summed E-state index contributed by atoms with van der Waals surface area (Å²) in [5.74, 6) is 0.289. The first-order valence-corrected chi connectivity index (χ1v) is 6.69. The van der Waals surface area contributed by atoms with Crippen molar-refractivity contribution in [1.29, 1.82) is 0 Å². The highest BCUT2D eigenvalue weighted by Gasteiger charge is 2.10. The lowest BCUT2D eigenvalue weighted by molar-refractivity contribution is 0.0600. The number of benzene rings is 1. The topological polar surface area (TPSA) is 54.7 Å². The Kier molecular flexibility index (Phi) is 4.52. The first kappa shape index (κ1) is 15.0. The molecule has 2 aromatic rings. The largest absolute Gasteiger partial charge is 0.467 e. The van der Waals surface area contributed by atoms with Crippen molar-refractivity contribution >= 4 is 17.3 Å². The highest BCUT2D eigenvalue weighted by molar-refractivity contribution is 5.89. The number of aryl methyl sites for hydroxylation is 1. The molecule has 0 aliphatic rings. The standard InChI is InChI=1S/C16H20N2O3/c1-11-5-6-13(8-15(11)18(2)3)17-9-14-7-12(10-21-14)16(19)20-4/h5-8,10,17H,9H2,1-4H3. The number of rotatable bonds is 5. The molecule has 0 radical (unpaired) electrons. The van der Waals surface area contributed by atoms with Gasteiger partial charge < -0.3 is 19.4 Å². The SMILES string of the molecule is COC(=O)c1coc(CNc2ccc(C)c(N(C)C)c2)c1. The van der Waals surface area contributed by atoms with E-state index < -0.39 is 5.97 Å². The van der Waals surface area contributed by atoms with Crippen LogP contribution in [-0.2, 0) is 11.3 Å². The van der Waals surface area contributed by atoms with Crippen molar-refractivity contribution in [3.05, 3.63) is 47.4 Å². The molecule has 5 nitrogen and oxygen atoms in total. The van der Waals surface area contributed by atoms with Crippen molar-refractivity contribution in [3.8, 4) is 0 Å². The molecule has 1 heterocycles. The molecule has 0 aliphatic carbocycles. The second kappa shape index (κ2) is 6.35. The maximum Gasteiger partial charge on any atom is 0.341 e. The van der Waals surface area contributed by atoms with Gasteiger partial charge in [0.05, 0.1) is 19.2 Å². The van der Waals surface area contributed by atoms with Crippen molar-refractivity contribution in [3.63, 3.8) is 0 Å². The number of hydrogen-bond donors (Lipinski definition) is 1. The van der Waals surface area contributed by atoms with Gasteiger partial charge >= 0.3 is 5.97 Å². The van der Waals surface area contributed by atoms with E-state index in [9.17, 15) is 4.79 Å². The molecule has 112 valence electrons. The monoisotopic (exact) mass is 288 g/mol. The number of ether oxygens (including phenoxy) is 1. The summed E-state index contributed by atoms with van der Waals surface area (Å²) in [4.78, 5) is 13.4. The zero-order valence-electron chi connectivity index (χ0n) is 12.8. The molecule has 0 amide bonds. The van der Waals surface area contributed by atoms with Crippen molar-refractivity contribution in [2.75, 3.05) is 31.4 Å². The Bertz CT molecular complexity index is 632. The van der Waals surface area contributed by atoms with Crippen molar-refractivity contribution < 1.29 is 13.9 Å². The number of furan rings is 1. The lowest BCUT2D eigenvalue weighted by Crippen LogP contribution is -2.10. The van der Waals surface area contributed by atoms with Gasteiger partial charge in [-0.05, 0) is 30.7 Å². The molecule has 5 heteroatoms. The number of nitrogens with one attached hydrogen (secondary N) is 1. The van der Waals surface area contributed by atoms with Crippen LogP contribution in [0.15, 0.2) is 34.9 Å². The quantitative estimate of drug-likeness (QED) is 0.857. The molecule has 0 spiro atoms. The van der Waals surface area contributed by atoms with Crippen LogP contribution in [0.4, 0.5) is 11.4 Å². The zero-order chi connectivity index (χ0) is 15.4. The van der Waals surface area contributed by atoms with Gasteiger partial charge in [0.25, 0.3) is 0 Å². The summed E-state index contributed by atoms with van der Waals surface area (Å²) in [5.41, 5.74) is 3.80. The summed E-state index contributed by atoms with van der Waals surface area (Å²) in [7, 11) is 5.38. The third-order valence-corrected chi connectivity index (χ3v) is 3.23. The van der Waals surface area contributed by atoms with Gasteiger partial charge in [-0.2, -0.15) is 0 Å². The normalized spacial score (nSPS) is 10.3. The fourth-order valence-corrected chi connectivity index (χ4v) is 2.09. The molecular weight excluding hydrogens is 268 g/mol. The van der Waals surface area contributed by atoms with Crippen LogP contribution in [0.5, 0.6) is 0 Å². The van der Waals surface area contributed by atoms with Crippen molar-refractivity contribution in [2.45, 2.75) is 13.5 Å². The lowest BCUT2D eigenvalue weighted by Gasteiger charge is -2.17. The summed E-state index contributed by atoms with van der Waals surface area (Å²) >= 11 is 0. The highest BCUT2D eigenvalue weighted by atomic mass is 16.5. The van der Waals surface area contributed by atoms with Crippen LogP contribution in [0, 0.1) is 6.92 Å². The molecule has 1 N–H and O–H groups in total. The minimum atomic E-state index is -0.393. The van der Waals surface area contributed by atoms with Gasteiger partial charge in [0.2, 0.25) is 0 Å². The fraction of sp³-hybridized carbons (Fsp3) is 0.312. The van der Waals surface area contributed by atoms with E-state index in [1.54, 1.807) is 6.07 Å². The smallest absolute Gasteiger partial charge is 0.341 e. The summed E-state index contributed by atoms with van der Waals surface area (Å²) in [5, 5.41) is 3.28. The van der Waals surface area contributed by atoms with Gasteiger partial charge in [0.1, 0.15) is 12.0 Å². The molecule has 0 unspecified atom stereocenters. The van der Waals surface area contributed by atoms with Crippen LogP contribution in [-0.4, -0.2) is 27.2 Å². The molecule has 0 aliphatic heterocycles. The number of nitrogens with zero attached hydrogens (tertiary/aromatic N) is 1. The zero-order valence-corrected chi connectivity index (χ0v) is 12.8. The third-order valence-electron chi connectivity index (χ3n) is 3.23. The van der Waals surface area contributed by atoms with Crippen molar-refractivity contribution in [2.24, 2.45) is 0 Å². The average Bonchev–Trinajstić information content (AvgIpc) is 2.94. The highest BCUT2D eigenvalue weighted by Crippen LogP contribution is 2.23. The fourth-order valence-electron chi connectivity index (χ4n) is 2.09. The van der Waals surface area contributed by atoms with E-state index in [4.69, 9.17) is 4.42 Å². The Morgan fingerprint density at radius 3 is 2.76 bits per heavy atom. The van der Waals surface area contributed by atoms with E-state index in [0.29, 0.717) is 17.9 Å². The Labute approximate surface area is 124 Å². The molecule has 0 saturated carbocycles. The maximum absolute atomic E-state index is 11.3. The van der Waals surface area contributed by atoms with E-state index in [2.05, 4.69) is 34.0 Å². The van der Waals surface area contributed by atoms with Gasteiger partial charge in [0, 0.05) is 25.5 Å². The minimum Gasteiger partial charge on any atom is -0.467 e. The molecule has 0 bridgehead atoms. The van der Waals surface area contributed by atoms with E-state index in [1.165, 1.54) is 18.9 Å². The third kappa shape index (κ3) is 3.56. The Morgan fingerprint density at radius 1 is 1.33 bits per heavy atom. The number of hydrogen-bond acceptors (Lipinski definition) is 5. The number of anilines is 2. The van der Waals surface area contributed by atoms with E-state index >= 15 is 0 Å². The van der Waals surface area contributed by atoms with Crippen molar-refractivity contribution in [1.82, 2.24) is 0 Å². The molecule has 0 fully saturated rings. The summed E-state index contributed by atoms with van der Waals surface area (Å²) in [6, 6.07) is 7.85. The van der Waals surface area contributed by atoms with E-state index in [1.807, 2.05) is 20.2 Å². The summed E-state index contributed by atoms with van der Waals surface area (Å²) in [6.07, 6.45) is 1.41. The van der Waals surface area contributed by atoms with Gasteiger partial charge in [-0.3, -0.25) is 0 Å². The Hall–Kier alpha value is -2.43. The number of esters is 1. The number of carbonyl (C=O) groups is 1. The van der Waals surface area contributed by atoms with E-state index in [-0.39, 0.29) is 0 Å². The van der Waals surface area contributed by atoms with Gasteiger partial charge in [0.15, 0.2) is 0 Å². The van der Waals surface area contributed by atoms with Crippen LogP contribution in [0.3, 0.4) is 0 Å². The molecule has 1 aromatic carbocycles. The first-order chi connectivity index (χ1) is 10.0. The lowest BCUT2D eigenvalue weighted by atomic mass is 10.1. The summed E-state index contributed by atoms with van der Waals surface area (Å²) < 4.78 is 9.98. The molecule has 2 rings (SSSR count). The maximum atomic E-state index is 11.3. The second-order valence-corrected chi connectivity index (χ2v) is 5.04. The van der Waals surface area contributed by atoms with Crippen LogP contribution < -0.4 is 10.2 Å². The molecule has 0 saturated heterocycles. The van der Waals surface area contributed by atoms with Gasteiger partial charge in [-0.15, -0.1) is 0 Å².